The fourth-order valence-electron chi connectivity index (χ4n) is 8.34. The Bertz CT molecular complexity index is 1080. The van der Waals surface area contributed by atoms with Gasteiger partial charge in [-0.3, -0.25) is 19.3 Å². The largest absolute Gasteiger partial charge is 0.463 e. The molecule has 0 N–H and O–H groups in total. The number of ketones is 1. The molecule has 4 rings (SSSR count). The third-order valence-corrected chi connectivity index (χ3v) is 11.4. The van der Waals surface area contributed by atoms with Crippen LogP contribution in [0.4, 0.5) is 0 Å². The number of ether oxygens (including phenoxy) is 4. The maximum Gasteiger partial charge on any atom is 0.319 e. The Kier molecular flexibility index (Phi) is 12.0. The fourth-order valence-corrected chi connectivity index (χ4v) is 8.34. The number of Topliss-reactive ketones (excluding diaryl/α,β-unsaturated/α-hetero) is 1. The summed E-state index contributed by atoms with van der Waals surface area (Å²) in [5.41, 5.74) is -2.22. The lowest BCUT2D eigenvalue weighted by Crippen LogP contribution is -2.60. The lowest BCUT2D eigenvalue weighted by Gasteiger charge is -2.47. The minimum atomic E-state index is -1.39. The van der Waals surface area contributed by atoms with Crippen molar-refractivity contribution in [2.45, 2.75) is 103 Å². The summed E-state index contributed by atoms with van der Waals surface area (Å²) in [6.07, 6.45) is 1.98. The lowest BCUT2D eigenvalue weighted by atomic mass is 9.74. The van der Waals surface area contributed by atoms with Gasteiger partial charge in [0.15, 0.2) is 12.1 Å². The average Bonchev–Trinajstić information content (AvgIpc) is 3.40. The van der Waals surface area contributed by atoms with Gasteiger partial charge >= 0.3 is 5.97 Å². The number of likely N-dealkylation sites (tertiary alicyclic amines) is 2. The normalized spacial score (nSPS) is 39.3. The molecule has 4 aliphatic heterocycles. The molecule has 9 atom stereocenters. The van der Waals surface area contributed by atoms with E-state index >= 15 is 0 Å². The molecular formula is C35H62N4O7. The van der Waals surface area contributed by atoms with Crippen LogP contribution in [-0.2, 0) is 33.3 Å². The van der Waals surface area contributed by atoms with Crippen molar-refractivity contribution in [3.8, 4) is 0 Å². The molecule has 0 spiro atoms. The second-order valence-corrected chi connectivity index (χ2v) is 16.0. The number of rotatable bonds is 6. The molecule has 0 aliphatic carbocycles. The zero-order valence-electron chi connectivity index (χ0n) is 30.4. The van der Waals surface area contributed by atoms with Crippen LogP contribution in [0.25, 0.3) is 0 Å². The number of cyclic esters (lactones) is 1. The van der Waals surface area contributed by atoms with E-state index in [2.05, 4.69) is 56.7 Å². The van der Waals surface area contributed by atoms with Crippen LogP contribution in [-0.4, -0.2) is 148 Å². The SMILES string of the molecule is CO[C@]1(C)C[C@@H](C)CN(C)C(C2CN(C(=O)[C@@H]3CCN(C)C3)C2)COC(=O)C(C)(C)C(=O)[C@H](C)[C@H]1O[C@H]1C[C@@H](N(C)C)C[C@@H](C)O1. The molecule has 4 heterocycles. The number of esters is 1. The van der Waals surface area contributed by atoms with Crippen LogP contribution in [0.2, 0.25) is 0 Å². The van der Waals surface area contributed by atoms with Crippen LogP contribution in [0, 0.1) is 29.1 Å². The topological polar surface area (TPSA) is 101 Å². The van der Waals surface area contributed by atoms with Gasteiger partial charge in [-0.05, 0) is 87.6 Å². The number of likely N-dealkylation sites (N-methyl/N-ethyl adjacent to an activating group) is 1. The Hall–Kier alpha value is -1.63. The van der Waals surface area contributed by atoms with E-state index in [-0.39, 0.29) is 54.2 Å². The van der Waals surface area contributed by atoms with E-state index in [0.717, 1.165) is 32.5 Å². The number of hydrogen-bond donors (Lipinski definition) is 0. The molecule has 0 aromatic heterocycles. The molecule has 4 saturated heterocycles. The molecule has 4 aliphatic rings. The van der Waals surface area contributed by atoms with Crippen molar-refractivity contribution in [2.24, 2.45) is 29.1 Å². The zero-order valence-corrected chi connectivity index (χ0v) is 30.4. The Balaban J connectivity index is 1.56. The van der Waals surface area contributed by atoms with Crippen LogP contribution < -0.4 is 0 Å². The summed E-state index contributed by atoms with van der Waals surface area (Å²) in [6, 6.07) is 0.211. The number of methoxy groups -OCH3 is 1. The molecule has 264 valence electrons. The standard InChI is InChI=1S/C35H62N4O7/c1-22-16-35(6,43-11)31(46-29-15-27(36(7)8)14-23(2)45-29)24(3)30(40)34(4,5)33(42)44-21-28(38(10)17-22)26-19-39(20-26)32(41)25-12-13-37(9)18-25/h22-29,31H,12-21H2,1-11H3/t22-,23-,24+,25-,27+,28?,29+,31-,35-/m1/s1. The van der Waals surface area contributed by atoms with Crippen LogP contribution in [0.5, 0.6) is 0 Å². The number of nitrogens with zero attached hydrogens (tertiary/aromatic N) is 4. The van der Waals surface area contributed by atoms with Crippen LogP contribution in [0.3, 0.4) is 0 Å². The van der Waals surface area contributed by atoms with Crippen LogP contribution in [0.1, 0.15) is 67.2 Å². The third-order valence-electron chi connectivity index (χ3n) is 11.4. The molecule has 4 fully saturated rings. The van der Waals surface area contributed by atoms with Crippen molar-refractivity contribution >= 4 is 17.7 Å². The van der Waals surface area contributed by atoms with Gasteiger partial charge in [0.2, 0.25) is 5.91 Å². The summed E-state index contributed by atoms with van der Waals surface area (Å²) in [6.45, 7) is 15.4. The van der Waals surface area contributed by atoms with E-state index in [4.69, 9.17) is 18.9 Å². The minimum absolute atomic E-state index is 0.00821. The van der Waals surface area contributed by atoms with Crippen LogP contribution in [0.15, 0.2) is 0 Å². The lowest BCUT2D eigenvalue weighted by molar-refractivity contribution is -0.263. The second kappa shape index (κ2) is 14.9. The second-order valence-electron chi connectivity index (χ2n) is 16.0. The first-order chi connectivity index (χ1) is 21.5. The summed E-state index contributed by atoms with van der Waals surface area (Å²) < 4.78 is 25.3. The van der Waals surface area contributed by atoms with Crippen molar-refractivity contribution in [2.75, 3.05) is 74.6 Å². The van der Waals surface area contributed by atoms with Gasteiger partial charge in [-0.2, -0.15) is 0 Å². The number of carbonyl (C=O) groups excluding carboxylic acids is 3. The molecule has 0 saturated carbocycles. The third kappa shape index (κ3) is 8.14. The predicted octanol–water partition coefficient (Wildman–Crippen LogP) is 2.76. The molecule has 11 heteroatoms. The molecule has 1 amide bonds. The molecule has 0 aromatic carbocycles. The Morgan fingerprint density at radius 1 is 1.00 bits per heavy atom. The van der Waals surface area contributed by atoms with Crippen molar-refractivity contribution in [3.63, 3.8) is 0 Å². The number of hydrogen-bond acceptors (Lipinski definition) is 10. The molecule has 0 aromatic rings. The first-order valence-corrected chi connectivity index (χ1v) is 17.4. The van der Waals surface area contributed by atoms with Gasteiger partial charge in [-0.1, -0.05) is 13.8 Å². The minimum Gasteiger partial charge on any atom is -0.463 e. The van der Waals surface area contributed by atoms with Gasteiger partial charge in [-0.25, -0.2) is 0 Å². The van der Waals surface area contributed by atoms with Gasteiger partial charge in [-0.15, -0.1) is 0 Å². The average molecular weight is 651 g/mol. The zero-order chi connectivity index (χ0) is 34.1. The summed E-state index contributed by atoms with van der Waals surface area (Å²) in [7, 11) is 9.94. The van der Waals surface area contributed by atoms with Gasteiger partial charge < -0.3 is 33.6 Å². The van der Waals surface area contributed by atoms with E-state index < -0.39 is 35.3 Å². The fraction of sp³-hybridized carbons (Fsp3) is 0.914. The van der Waals surface area contributed by atoms with Crippen molar-refractivity contribution in [3.05, 3.63) is 0 Å². The van der Waals surface area contributed by atoms with E-state index in [9.17, 15) is 14.4 Å². The maximum atomic E-state index is 14.2. The summed E-state index contributed by atoms with van der Waals surface area (Å²) in [5, 5.41) is 0. The van der Waals surface area contributed by atoms with E-state index in [1.165, 1.54) is 0 Å². The van der Waals surface area contributed by atoms with Gasteiger partial charge in [0.1, 0.15) is 12.0 Å². The van der Waals surface area contributed by atoms with Gasteiger partial charge in [0.25, 0.3) is 0 Å². The van der Waals surface area contributed by atoms with Crippen molar-refractivity contribution in [1.29, 1.82) is 0 Å². The highest BCUT2D eigenvalue weighted by Gasteiger charge is 2.51. The van der Waals surface area contributed by atoms with Gasteiger partial charge in [0.05, 0.1) is 23.7 Å². The predicted molar refractivity (Wildman–Crippen MR) is 176 cm³/mol. The highest BCUT2D eigenvalue weighted by Crippen LogP contribution is 2.38. The molecular weight excluding hydrogens is 588 g/mol. The van der Waals surface area contributed by atoms with Gasteiger partial charge in [0, 0.05) is 63.6 Å². The Morgan fingerprint density at radius 3 is 2.26 bits per heavy atom. The summed E-state index contributed by atoms with van der Waals surface area (Å²) >= 11 is 0. The highest BCUT2D eigenvalue weighted by molar-refractivity contribution is 6.04. The van der Waals surface area contributed by atoms with E-state index in [0.29, 0.717) is 25.9 Å². The summed E-state index contributed by atoms with van der Waals surface area (Å²) in [5.74, 6) is -0.795. The van der Waals surface area contributed by atoms with Crippen LogP contribution >= 0.6 is 0 Å². The van der Waals surface area contributed by atoms with E-state index in [1.54, 1.807) is 21.0 Å². The quantitative estimate of drug-likeness (QED) is 0.315. The number of amides is 1. The molecule has 11 nitrogen and oxygen atoms in total. The molecule has 0 radical (unpaired) electrons. The van der Waals surface area contributed by atoms with Crippen molar-refractivity contribution < 1.29 is 33.3 Å². The molecule has 0 bridgehead atoms. The summed E-state index contributed by atoms with van der Waals surface area (Å²) in [4.78, 5) is 49.7. The smallest absolute Gasteiger partial charge is 0.319 e. The highest BCUT2D eigenvalue weighted by atomic mass is 16.7. The number of carbonyl (C=O) groups is 3. The van der Waals surface area contributed by atoms with Crippen molar-refractivity contribution in [1.82, 2.24) is 19.6 Å². The van der Waals surface area contributed by atoms with E-state index in [1.807, 2.05) is 18.7 Å². The first-order valence-electron chi connectivity index (χ1n) is 17.4. The first kappa shape index (κ1) is 37.2. The Labute approximate surface area is 277 Å². The molecule has 1 unspecified atom stereocenters. The maximum absolute atomic E-state index is 14.2. The Morgan fingerprint density at radius 2 is 1.67 bits per heavy atom. The molecule has 46 heavy (non-hydrogen) atoms. The monoisotopic (exact) mass is 650 g/mol.